The lowest BCUT2D eigenvalue weighted by Crippen LogP contribution is -2.33. The van der Waals surface area contributed by atoms with Gasteiger partial charge in [0.15, 0.2) is 0 Å². The first-order chi connectivity index (χ1) is 7.66. The number of aromatic nitrogens is 1. The fraction of sp³-hybridized carbons (Fsp3) is 0.615. The third kappa shape index (κ3) is 2.53. The highest BCUT2D eigenvalue weighted by atomic mass is 16.3. The van der Waals surface area contributed by atoms with Crippen LogP contribution in [-0.4, -0.2) is 23.2 Å². The molecule has 1 atom stereocenters. The number of rotatable bonds is 2. The molecule has 0 bridgehead atoms. The van der Waals surface area contributed by atoms with Crippen molar-refractivity contribution in [2.24, 2.45) is 5.92 Å². The van der Waals surface area contributed by atoms with Gasteiger partial charge < -0.3 is 10.0 Å². The summed E-state index contributed by atoms with van der Waals surface area (Å²) in [5.41, 5.74) is 0.948. The largest absolute Gasteiger partial charge is 0.389 e. The van der Waals surface area contributed by atoms with Crippen molar-refractivity contribution in [2.45, 2.75) is 32.8 Å². The molecule has 1 aromatic rings. The van der Waals surface area contributed by atoms with E-state index in [4.69, 9.17) is 0 Å². The number of aliphatic hydroxyl groups is 1. The summed E-state index contributed by atoms with van der Waals surface area (Å²) in [5, 5.41) is 9.54. The lowest BCUT2D eigenvalue weighted by molar-refractivity contribution is 0.199. The van der Waals surface area contributed by atoms with E-state index in [1.807, 2.05) is 12.1 Å². The number of anilines is 1. The van der Waals surface area contributed by atoms with Gasteiger partial charge in [-0.05, 0) is 43.4 Å². The van der Waals surface area contributed by atoms with Crippen LogP contribution in [0, 0.1) is 5.92 Å². The molecule has 3 heteroatoms. The van der Waals surface area contributed by atoms with E-state index in [1.54, 1.807) is 13.1 Å². The van der Waals surface area contributed by atoms with Gasteiger partial charge in [0.25, 0.3) is 0 Å². The highest BCUT2D eigenvalue weighted by Gasteiger charge is 2.17. The summed E-state index contributed by atoms with van der Waals surface area (Å²) in [5.74, 6) is 1.83. The van der Waals surface area contributed by atoms with E-state index >= 15 is 0 Å². The number of nitrogens with zero attached hydrogens (tertiary/aromatic N) is 2. The molecular formula is C13H20N2O. The first-order valence-electron chi connectivity index (χ1n) is 6.06. The summed E-state index contributed by atoms with van der Waals surface area (Å²) in [6, 6.07) is 3.88. The normalized spacial score (nSPS) is 19.8. The highest BCUT2D eigenvalue weighted by molar-refractivity contribution is 5.41. The molecule has 0 saturated carbocycles. The van der Waals surface area contributed by atoms with Crippen LogP contribution in [-0.2, 0) is 0 Å². The maximum atomic E-state index is 9.54. The number of hydrogen-bond acceptors (Lipinski definition) is 3. The second-order valence-electron chi connectivity index (χ2n) is 4.79. The third-order valence-electron chi connectivity index (χ3n) is 3.36. The third-order valence-corrected chi connectivity index (χ3v) is 3.36. The Kier molecular flexibility index (Phi) is 3.44. The molecule has 16 heavy (non-hydrogen) atoms. The number of aliphatic hydroxyl groups excluding tert-OH is 1. The summed E-state index contributed by atoms with van der Waals surface area (Å²) in [7, 11) is 0. The molecule has 1 aliphatic heterocycles. The molecule has 2 rings (SSSR count). The SMILES string of the molecule is CC1CCN(c2cc(C(C)O)ccn2)CC1. The van der Waals surface area contributed by atoms with E-state index in [1.165, 1.54) is 12.8 Å². The first-order valence-corrected chi connectivity index (χ1v) is 6.06. The van der Waals surface area contributed by atoms with Gasteiger partial charge in [0.05, 0.1) is 6.10 Å². The molecule has 0 aromatic carbocycles. The molecular weight excluding hydrogens is 200 g/mol. The van der Waals surface area contributed by atoms with Gasteiger partial charge in [0.1, 0.15) is 5.82 Å². The molecule has 88 valence electrons. The number of hydrogen-bond donors (Lipinski definition) is 1. The van der Waals surface area contributed by atoms with Crippen LogP contribution in [0.4, 0.5) is 5.82 Å². The van der Waals surface area contributed by atoms with E-state index in [0.29, 0.717) is 0 Å². The van der Waals surface area contributed by atoms with Crippen LogP contribution >= 0.6 is 0 Å². The molecule has 0 amide bonds. The van der Waals surface area contributed by atoms with E-state index in [0.717, 1.165) is 30.4 Å². The van der Waals surface area contributed by atoms with Gasteiger partial charge in [-0.25, -0.2) is 4.98 Å². The Hall–Kier alpha value is -1.09. The fourth-order valence-electron chi connectivity index (χ4n) is 2.10. The van der Waals surface area contributed by atoms with Gasteiger partial charge in [0.2, 0.25) is 0 Å². The standard InChI is InChI=1S/C13H20N2O/c1-10-4-7-15(8-5-10)13-9-12(11(2)16)3-6-14-13/h3,6,9-11,16H,4-5,7-8H2,1-2H3. The lowest BCUT2D eigenvalue weighted by atomic mass is 9.99. The topological polar surface area (TPSA) is 36.4 Å². The van der Waals surface area contributed by atoms with Crippen LogP contribution in [0.25, 0.3) is 0 Å². The molecule has 1 fully saturated rings. The zero-order valence-electron chi connectivity index (χ0n) is 10.1. The van der Waals surface area contributed by atoms with Gasteiger partial charge in [-0.2, -0.15) is 0 Å². The van der Waals surface area contributed by atoms with Gasteiger partial charge in [-0.15, -0.1) is 0 Å². The van der Waals surface area contributed by atoms with Crippen molar-refractivity contribution < 1.29 is 5.11 Å². The van der Waals surface area contributed by atoms with Crippen LogP contribution in [0.1, 0.15) is 38.4 Å². The molecule has 3 nitrogen and oxygen atoms in total. The highest BCUT2D eigenvalue weighted by Crippen LogP contribution is 2.23. The minimum absolute atomic E-state index is 0.412. The van der Waals surface area contributed by atoms with E-state index < -0.39 is 6.10 Å². The average Bonchev–Trinajstić information content (AvgIpc) is 2.30. The van der Waals surface area contributed by atoms with Crippen molar-refractivity contribution >= 4 is 5.82 Å². The van der Waals surface area contributed by atoms with Gasteiger partial charge >= 0.3 is 0 Å². The molecule has 1 aliphatic rings. The molecule has 2 heterocycles. The van der Waals surface area contributed by atoms with Crippen LogP contribution in [0.15, 0.2) is 18.3 Å². The summed E-state index contributed by atoms with van der Waals surface area (Å²) in [6.07, 6.45) is 3.85. The molecule has 0 spiro atoms. The Morgan fingerprint density at radius 1 is 1.44 bits per heavy atom. The minimum atomic E-state index is -0.412. The van der Waals surface area contributed by atoms with Crippen molar-refractivity contribution in [3.63, 3.8) is 0 Å². The van der Waals surface area contributed by atoms with Crippen molar-refractivity contribution in [3.8, 4) is 0 Å². The van der Waals surface area contributed by atoms with Gasteiger partial charge in [-0.3, -0.25) is 0 Å². The Balaban J connectivity index is 2.11. The second kappa shape index (κ2) is 4.83. The zero-order chi connectivity index (χ0) is 11.5. The monoisotopic (exact) mass is 220 g/mol. The second-order valence-corrected chi connectivity index (χ2v) is 4.79. The zero-order valence-corrected chi connectivity index (χ0v) is 10.1. The lowest BCUT2D eigenvalue weighted by Gasteiger charge is -2.31. The molecule has 1 N–H and O–H groups in total. The molecule has 1 aromatic heterocycles. The summed E-state index contributed by atoms with van der Waals surface area (Å²) in [4.78, 5) is 6.70. The maximum absolute atomic E-state index is 9.54. The Bertz CT molecular complexity index is 344. The average molecular weight is 220 g/mol. The minimum Gasteiger partial charge on any atom is -0.389 e. The van der Waals surface area contributed by atoms with E-state index in [2.05, 4.69) is 16.8 Å². The molecule has 1 saturated heterocycles. The van der Waals surface area contributed by atoms with Crippen molar-refractivity contribution in [1.82, 2.24) is 4.98 Å². The predicted octanol–water partition coefficient (Wildman–Crippen LogP) is 2.37. The Morgan fingerprint density at radius 3 is 2.75 bits per heavy atom. The van der Waals surface area contributed by atoms with Crippen molar-refractivity contribution in [3.05, 3.63) is 23.9 Å². The van der Waals surface area contributed by atoms with Gasteiger partial charge in [-0.1, -0.05) is 6.92 Å². The smallest absolute Gasteiger partial charge is 0.128 e. The van der Waals surface area contributed by atoms with Crippen LogP contribution in [0.2, 0.25) is 0 Å². The van der Waals surface area contributed by atoms with E-state index in [-0.39, 0.29) is 0 Å². The van der Waals surface area contributed by atoms with Crippen molar-refractivity contribution in [1.29, 1.82) is 0 Å². The predicted molar refractivity (Wildman–Crippen MR) is 65.5 cm³/mol. The quantitative estimate of drug-likeness (QED) is 0.831. The maximum Gasteiger partial charge on any atom is 0.128 e. The van der Waals surface area contributed by atoms with E-state index in [9.17, 15) is 5.11 Å². The molecule has 0 radical (unpaired) electrons. The molecule has 0 aliphatic carbocycles. The fourth-order valence-corrected chi connectivity index (χ4v) is 2.10. The number of pyridine rings is 1. The van der Waals surface area contributed by atoms with Crippen LogP contribution in [0.3, 0.4) is 0 Å². The van der Waals surface area contributed by atoms with Crippen molar-refractivity contribution in [2.75, 3.05) is 18.0 Å². The first kappa shape index (κ1) is 11.4. The molecule has 1 unspecified atom stereocenters. The summed E-state index contributed by atoms with van der Waals surface area (Å²) in [6.45, 7) is 6.25. The van der Waals surface area contributed by atoms with Crippen LogP contribution in [0.5, 0.6) is 0 Å². The Morgan fingerprint density at radius 2 is 2.12 bits per heavy atom. The van der Waals surface area contributed by atoms with Crippen LogP contribution < -0.4 is 4.90 Å². The Labute approximate surface area is 97.1 Å². The summed E-state index contributed by atoms with van der Waals surface area (Å²) >= 11 is 0. The summed E-state index contributed by atoms with van der Waals surface area (Å²) < 4.78 is 0. The van der Waals surface area contributed by atoms with Gasteiger partial charge in [0, 0.05) is 19.3 Å². The number of piperidine rings is 1.